The molecule has 0 atom stereocenters. The standard InChI is InChI=1S/C10H5F5O4/c11-9(12)18-6-1-5(3-16)7(4-17)8(2-6)19-10(13,14)15/h1-4,9H. The molecule has 0 saturated carbocycles. The van der Waals surface area contributed by atoms with Crippen molar-refractivity contribution >= 4 is 12.6 Å². The van der Waals surface area contributed by atoms with Crippen molar-refractivity contribution in [3.8, 4) is 11.5 Å². The van der Waals surface area contributed by atoms with E-state index in [1.54, 1.807) is 0 Å². The Balaban J connectivity index is 3.31. The molecule has 0 heterocycles. The largest absolute Gasteiger partial charge is 0.573 e. The molecule has 0 aliphatic rings. The van der Waals surface area contributed by atoms with Gasteiger partial charge in [0.1, 0.15) is 11.5 Å². The normalized spacial score (nSPS) is 11.3. The molecule has 0 fully saturated rings. The van der Waals surface area contributed by atoms with Crippen molar-refractivity contribution in [1.29, 1.82) is 0 Å². The van der Waals surface area contributed by atoms with Crippen LogP contribution in [0.2, 0.25) is 0 Å². The topological polar surface area (TPSA) is 52.6 Å². The number of benzene rings is 1. The second-order valence-corrected chi connectivity index (χ2v) is 3.09. The molecule has 19 heavy (non-hydrogen) atoms. The molecule has 0 amide bonds. The molecule has 9 heteroatoms. The molecule has 0 aliphatic carbocycles. The molecule has 4 nitrogen and oxygen atoms in total. The van der Waals surface area contributed by atoms with Crippen LogP contribution in [-0.4, -0.2) is 25.5 Å². The van der Waals surface area contributed by atoms with Crippen LogP contribution in [0.15, 0.2) is 12.1 Å². The Labute approximate surface area is 102 Å². The maximum Gasteiger partial charge on any atom is 0.573 e. The molecule has 1 rings (SSSR count). The summed E-state index contributed by atoms with van der Waals surface area (Å²) in [5.74, 6) is -1.83. The molecule has 0 radical (unpaired) electrons. The molecule has 0 spiro atoms. The fraction of sp³-hybridized carbons (Fsp3) is 0.200. The molecule has 0 N–H and O–H groups in total. The van der Waals surface area contributed by atoms with Crippen LogP contribution in [0.1, 0.15) is 20.7 Å². The fourth-order valence-electron chi connectivity index (χ4n) is 1.23. The lowest BCUT2D eigenvalue weighted by Gasteiger charge is -2.14. The highest BCUT2D eigenvalue weighted by Gasteiger charge is 2.33. The molecule has 0 saturated heterocycles. The number of rotatable bonds is 5. The maximum absolute atomic E-state index is 12.1. The van der Waals surface area contributed by atoms with Gasteiger partial charge in [-0.15, -0.1) is 13.2 Å². The number of halogens is 5. The van der Waals surface area contributed by atoms with Gasteiger partial charge in [-0.3, -0.25) is 9.59 Å². The minimum Gasteiger partial charge on any atom is -0.435 e. The quantitative estimate of drug-likeness (QED) is 0.616. The van der Waals surface area contributed by atoms with Crippen molar-refractivity contribution in [3.63, 3.8) is 0 Å². The SMILES string of the molecule is O=Cc1cc(OC(F)F)cc(OC(F)(F)F)c1C=O. The van der Waals surface area contributed by atoms with E-state index in [1.165, 1.54) is 0 Å². The smallest absolute Gasteiger partial charge is 0.435 e. The van der Waals surface area contributed by atoms with Crippen molar-refractivity contribution in [2.24, 2.45) is 0 Å². The van der Waals surface area contributed by atoms with Gasteiger partial charge in [0.05, 0.1) is 5.56 Å². The molecule has 1 aromatic carbocycles. The van der Waals surface area contributed by atoms with Crippen LogP contribution in [0.25, 0.3) is 0 Å². The van der Waals surface area contributed by atoms with Crippen molar-refractivity contribution in [1.82, 2.24) is 0 Å². The molecule has 1 aromatic rings. The summed E-state index contributed by atoms with van der Waals surface area (Å²) in [6.07, 6.45) is -5.19. The first kappa shape index (κ1) is 14.9. The zero-order chi connectivity index (χ0) is 14.6. The number of carbonyl (C=O) groups is 2. The monoisotopic (exact) mass is 284 g/mol. The molecule has 0 bridgehead atoms. The lowest BCUT2D eigenvalue weighted by molar-refractivity contribution is -0.274. The second-order valence-electron chi connectivity index (χ2n) is 3.09. The summed E-state index contributed by atoms with van der Waals surface area (Å²) in [5.41, 5.74) is -1.28. The summed E-state index contributed by atoms with van der Waals surface area (Å²) in [6, 6.07) is 1.14. The van der Waals surface area contributed by atoms with Crippen LogP contribution in [0.5, 0.6) is 11.5 Å². The van der Waals surface area contributed by atoms with Crippen molar-refractivity contribution < 1.29 is 41.0 Å². The third-order valence-electron chi connectivity index (χ3n) is 1.84. The van der Waals surface area contributed by atoms with Crippen molar-refractivity contribution in [2.45, 2.75) is 13.0 Å². The number of ether oxygens (including phenoxy) is 2. The summed E-state index contributed by atoms with van der Waals surface area (Å²) >= 11 is 0. The van der Waals surface area contributed by atoms with E-state index in [9.17, 15) is 31.5 Å². The predicted molar refractivity (Wildman–Crippen MR) is 50.5 cm³/mol. The Morgan fingerprint density at radius 1 is 1.11 bits per heavy atom. The number of carbonyl (C=O) groups excluding carboxylic acids is 2. The van der Waals surface area contributed by atoms with Crippen LogP contribution in [-0.2, 0) is 0 Å². The highest BCUT2D eigenvalue weighted by Crippen LogP contribution is 2.32. The number of hydrogen-bond donors (Lipinski definition) is 0. The van der Waals surface area contributed by atoms with Gasteiger partial charge in [0.25, 0.3) is 0 Å². The van der Waals surface area contributed by atoms with Crippen molar-refractivity contribution in [2.75, 3.05) is 0 Å². The summed E-state index contributed by atoms with van der Waals surface area (Å²) in [4.78, 5) is 21.2. The van der Waals surface area contributed by atoms with E-state index >= 15 is 0 Å². The maximum atomic E-state index is 12.1. The zero-order valence-corrected chi connectivity index (χ0v) is 8.91. The summed E-state index contributed by atoms with van der Waals surface area (Å²) < 4.78 is 67.5. The van der Waals surface area contributed by atoms with Crippen LogP contribution in [0, 0.1) is 0 Å². The third-order valence-corrected chi connectivity index (χ3v) is 1.84. The highest BCUT2D eigenvalue weighted by molar-refractivity contribution is 5.93. The first-order valence-electron chi connectivity index (χ1n) is 4.55. The Kier molecular flexibility index (Phi) is 4.41. The van der Waals surface area contributed by atoms with Crippen molar-refractivity contribution in [3.05, 3.63) is 23.3 Å². The van der Waals surface area contributed by atoms with Gasteiger partial charge in [0.2, 0.25) is 0 Å². The molecule has 0 aliphatic heterocycles. The lowest BCUT2D eigenvalue weighted by Crippen LogP contribution is -2.19. The predicted octanol–water partition coefficient (Wildman–Crippen LogP) is 2.81. The highest BCUT2D eigenvalue weighted by atomic mass is 19.4. The Morgan fingerprint density at radius 3 is 2.16 bits per heavy atom. The van der Waals surface area contributed by atoms with Gasteiger partial charge in [0.15, 0.2) is 12.6 Å². The van der Waals surface area contributed by atoms with E-state index in [2.05, 4.69) is 9.47 Å². The lowest BCUT2D eigenvalue weighted by atomic mass is 10.1. The first-order valence-corrected chi connectivity index (χ1v) is 4.55. The number of aldehydes is 2. The van der Waals surface area contributed by atoms with Gasteiger partial charge >= 0.3 is 13.0 Å². The van der Waals surface area contributed by atoms with E-state index in [0.29, 0.717) is 12.1 Å². The van der Waals surface area contributed by atoms with Gasteiger partial charge in [-0.1, -0.05) is 0 Å². The summed E-state index contributed by atoms with van der Waals surface area (Å²) in [6.45, 7) is -3.31. The van der Waals surface area contributed by atoms with E-state index in [-0.39, 0.29) is 12.6 Å². The minimum atomic E-state index is -5.15. The molecule has 104 valence electrons. The van der Waals surface area contributed by atoms with Crippen LogP contribution >= 0.6 is 0 Å². The van der Waals surface area contributed by atoms with Crippen LogP contribution in [0.3, 0.4) is 0 Å². The van der Waals surface area contributed by atoms with E-state index in [1.807, 2.05) is 0 Å². The second kappa shape index (κ2) is 5.63. The molecule has 0 aromatic heterocycles. The van der Waals surface area contributed by atoms with Gasteiger partial charge in [-0.05, 0) is 6.07 Å². The van der Waals surface area contributed by atoms with Gasteiger partial charge < -0.3 is 9.47 Å². The fourth-order valence-corrected chi connectivity index (χ4v) is 1.23. The Morgan fingerprint density at radius 2 is 1.74 bits per heavy atom. The average molecular weight is 284 g/mol. The third kappa shape index (κ3) is 4.19. The molecule has 0 unspecified atom stereocenters. The summed E-state index contributed by atoms with van der Waals surface area (Å²) in [5, 5.41) is 0. The van der Waals surface area contributed by atoms with Gasteiger partial charge in [-0.25, -0.2) is 0 Å². The van der Waals surface area contributed by atoms with Crippen LogP contribution in [0.4, 0.5) is 22.0 Å². The van der Waals surface area contributed by atoms with E-state index in [0.717, 1.165) is 0 Å². The first-order chi connectivity index (χ1) is 8.76. The average Bonchev–Trinajstić information content (AvgIpc) is 2.25. The molecular weight excluding hydrogens is 279 g/mol. The van der Waals surface area contributed by atoms with Crippen LogP contribution < -0.4 is 9.47 Å². The summed E-state index contributed by atoms with van der Waals surface area (Å²) in [7, 11) is 0. The minimum absolute atomic E-state index is 0.0191. The zero-order valence-electron chi connectivity index (χ0n) is 8.91. The van der Waals surface area contributed by atoms with E-state index in [4.69, 9.17) is 0 Å². The van der Waals surface area contributed by atoms with E-state index < -0.39 is 35.6 Å². The Bertz CT molecular complexity index is 484. The Hall–Kier alpha value is -2.19. The number of hydrogen-bond acceptors (Lipinski definition) is 4. The van der Waals surface area contributed by atoms with Gasteiger partial charge in [-0.2, -0.15) is 8.78 Å². The van der Waals surface area contributed by atoms with Gasteiger partial charge in [0, 0.05) is 11.6 Å². The molecular formula is C10H5F5O4. The number of alkyl halides is 5.